The van der Waals surface area contributed by atoms with Crippen LogP contribution in [0.4, 0.5) is 0 Å². The summed E-state index contributed by atoms with van der Waals surface area (Å²) in [4.78, 5) is 12.5. The highest BCUT2D eigenvalue weighted by Crippen LogP contribution is 2.23. The fraction of sp³-hybridized carbons (Fsp3) is 0.174. The van der Waals surface area contributed by atoms with Gasteiger partial charge in [0.05, 0.1) is 27.7 Å². The third kappa shape index (κ3) is 5.04. The van der Waals surface area contributed by atoms with Crippen molar-refractivity contribution in [2.75, 3.05) is 6.61 Å². The molecule has 0 bridgehead atoms. The molecule has 1 heterocycles. The Morgan fingerprint density at radius 2 is 1.68 bits per heavy atom. The van der Waals surface area contributed by atoms with E-state index in [1.165, 1.54) is 6.07 Å². The summed E-state index contributed by atoms with van der Waals surface area (Å²) in [6.07, 6.45) is 0. The maximum Gasteiger partial charge on any atom is 0.308 e. The third-order valence-electron chi connectivity index (χ3n) is 4.73. The van der Waals surface area contributed by atoms with Gasteiger partial charge in [-0.25, -0.2) is 13.1 Å². The van der Waals surface area contributed by atoms with Crippen LogP contribution in [0.5, 0.6) is 5.75 Å². The summed E-state index contributed by atoms with van der Waals surface area (Å²) in [6, 6.07) is 23.3. The van der Waals surface area contributed by atoms with Gasteiger partial charge in [0.1, 0.15) is 12.4 Å². The van der Waals surface area contributed by atoms with E-state index in [9.17, 15) is 13.2 Å². The van der Waals surface area contributed by atoms with Gasteiger partial charge in [-0.1, -0.05) is 59.9 Å². The summed E-state index contributed by atoms with van der Waals surface area (Å²) < 4.78 is 36.2. The van der Waals surface area contributed by atoms with Gasteiger partial charge in [0, 0.05) is 0 Å². The molecule has 0 aliphatic heterocycles. The van der Waals surface area contributed by atoms with Gasteiger partial charge in [-0.05, 0) is 42.8 Å². The van der Waals surface area contributed by atoms with E-state index in [1.54, 1.807) is 23.6 Å². The number of hydrogen-bond acceptors (Lipinski definition) is 5. The summed E-state index contributed by atoms with van der Waals surface area (Å²) in [7, 11) is -3.75. The normalized spacial score (nSPS) is 12.7. The van der Waals surface area contributed by atoms with E-state index >= 15 is 0 Å². The molecule has 1 aromatic heterocycles. The van der Waals surface area contributed by atoms with Gasteiger partial charge in [-0.2, -0.15) is 0 Å². The maximum atomic E-state index is 12.8. The van der Waals surface area contributed by atoms with Crippen LogP contribution in [-0.2, 0) is 16.6 Å². The largest absolute Gasteiger partial charge is 0.492 e. The first-order valence-electron chi connectivity index (χ1n) is 9.80. The SMILES string of the molecule is CC(COc1ccccc1)NS(=O)(=O)c1ccc2c(c1)sc(=O)n2Cc1ccccc1. The molecule has 0 aliphatic carbocycles. The lowest BCUT2D eigenvalue weighted by atomic mass is 10.2. The van der Waals surface area contributed by atoms with Gasteiger partial charge in [0.25, 0.3) is 0 Å². The summed E-state index contributed by atoms with van der Waals surface area (Å²) in [5.74, 6) is 0.680. The second kappa shape index (κ2) is 9.05. The molecule has 1 N–H and O–H groups in total. The van der Waals surface area contributed by atoms with E-state index < -0.39 is 16.1 Å². The fourth-order valence-electron chi connectivity index (χ4n) is 3.23. The number of benzene rings is 3. The Morgan fingerprint density at radius 1 is 1.00 bits per heavy atom. The van der Waals surface area contributed by atoms with Crippen molar-refractivity contribution < 1.29 is 13.2 Å². The molecule has 8 heteroatoms. The van der Waals surface area contributed by atoms with Crippen molar-refractivity contribution >= 4 is 31.6 Å². The van der Waals surface area contributed by atoms with Gasteiger partial charge in [0.15, 0.2) is 0 Å². The standard InChI is InChI=1S/C23H22N2O4S2/c1-17(16-29-19-10-6-3-7-11-19)24-31(27,28)20-12-13-21-22(14-20)30-23(26)25(21)15-18-8-4-2-5-9-18/h2-14,17,24H,15-16H2,1H3. The molecule has 0 spiro atoms. The highest BCUT2D eigenvalue weighted by atomic mass is 32.2. The van der Waals surface area contributed by atoms with Gasteiger partial charge in [0.2, 0.25) is 10.0 Å². The minimum Gasteiger partial charge on any atom is -0.492 e. The van der Waals surface area contributed by atoms with Gasteiger partial charge >= 0.3 is 4.87 Å². The number of sulfonamides is 1. The van der Waals surface area contributed by atoms with E-state index in [4.69, 9.17) is 4.74 Å². The van der Waals surface area contributed by atoms with Crippen LogP contribution in [0.1, 0.15) is 12.5 Å². The van der Waals surface area contributed by atoms with E-state index in [0.717, 1.165) is 22.4 Å². The highest BCUT2D eigenvalue weighted by molar-refractivity contribution is 7.89. The Balaban J connectivity index is 1.51. The molecule has 6 nitrogen and oxygen atoms in total. The van der Waals surface area contributed by atoms with Crippen LogP contribution in [0, 0.1) is 0 Å². The van der Waals surface area contributed by atoms with Crippen molar-refractivity contribution in [1.82, 2.24) is 9.29 Å². The first kappa shape index (κ1) is 21.3. The molecule has 4 rings (SSSR count). The van der Waals surface area contributed by atoms with Crippen molar-refractivity contribution in [3.05, 3.63) is 94.1 Å². The number of rotatable bonds is 8. The highest BCUT2D eigenvalue weighted by Gasteiger charge is 2.20. The summed E-state index contributed by atoms with van der Waals surface area (Å²) in [6.45, 7) is 2.39. The van der Waals surface area contributed by atoms with Crippen LogP contribution in [0.15, 0.2) is 88.6 Å². The molecule has 1 atom stereocenters. The topological polar surface area (TPSA) is 77.4 Å². The monoisotopic (exact) mass is 454 g/mol. The Morgan fingerprint density at radius 3 is 2.39 bits per heavy atom. The Bertz CT molecular complexity index is 1330. The van der Waals surface area contributed by atoms with E-state index in [1.807, 2.05) is 60.7 Å². The molecule has 1 unspecified atom stereocenters. The van der Waals surface area contributed by atoms with Crippen molar-refractivity contribution in [3.63, 3.8) is 0 Å². The fourth-order valence-corrected chi connectivity index (χ4v) is 5.49. The smallest absolute Gasteiger partial charge is 0.308 e. The van der Waals surface area contributed by atoms with Crippen molar-refractivity contribution in [2.45, 2.75) is 24.4 Å². The molecule has 31 heavy (non-hydrogen) atoms. The molecule has 0 saturated heterocycles. The van der Waals surface area contributed by atoms with Crippen molar-refractivity contribution in [3.8, 4) is 5.75 Å². The van der Waals surface area contributed by atoms with Gasteiger partial charge in [-0.15, -0.1) is 0 Å². The molecule has 0 amide bonds. The van der Waals surface area contributed by atoms with Crippen LogP contribution in [0.2, 0.25) is 0 Å². The summed E-state index contributed by atoms with van der Waals surface area (Å²) >= 11 is 1.05. The van der Waals surface area contributed by atoms with E-state index in [0.29, 0.717) is 17.0 Å². The molecule has 3 aromatic carbocycles. The van der Waals surface area contributed by atoms with Crippen LogP contribution in [-0.4, -0.2) is 25.6 Å². The second-order valence-corrected chi connectivity index (χ2v) is 9.92. The maximum absolute atomic E-state index is 12.8. The lowest BCUT2D eigenvalue weighted by molar-refractivity contribution is 0.287. The number of thiazole rings is 1. The number of aromatic nitrogens is 1. The molecule has 0 fully saturated rings. The number of fused-ring (bicyclic) bond motifs is 1. The lowest BCUT2D eigenvalue weighted by Crippen LogP contribution is -2.36. The predicted molar refractivity (Wildman–Crippen MR) is 123 cm³/mol. The molecule has 4 aromatic rings. The first-order valence-corrected chi connectivity index (χ1v) is 12.1. The first-order chi connectivity index (χ1) is 14.9. The molecular weight excluding hydrogens is 432 g/mol. The third-order valence-corrected chi connectivity index (χ3v) is 7.26. The zero-order chi connectivity index (χ0) is 21.8. The van der Waals surface area contributed by atoms with Crippen LogP contribution in [0.25, 0.3) is 10.2 Å². The minimum absolute atomic E-state index is 0.119. The number of nitrogens with one attached hydrogen (secondary N) is 1. The van der Waals surface area contributed by atoms with Crippen LogP contribution in [0.3, 0.4) is 0 Å². The second-order valence-electron chi connectivity index (χ2n) is 7.22. The minimum atomic E-state index is -3.75. The number of nitrogens with zero attached hydrogens (tertiary/aromatic N) is 1. The number of para-hydroxylation sites is 1. The zero-order valence-electron chi connectivity index (χ0n) is 16.9. The van der Waals surface area contributed by atoms with Gasteiger partial charge in [-0.3, -0.25) is 9.36 Å². The Hall–Kier alpha value is -2.94. The van der Waals surface area contributed by atoms with Crippen LogP contribution >= 0.6 is 11.3 Å². The Labute approximate surface area is 184 Å². The quantitative estimate of drug-likeness (QED) is 0.439. The van der Waals surface area contributed by atoms with Crippen molar-refractivity contribution in [2.24, 2.45) is 0 Å². The average molecular weight is 455 g/mol. The summed E-state index contributed by atoms with van der Waals surface area (Å²) in [5, 5.41) is 0. The molecule has 160 valence electrons. The van der Waals surface area contributed by atoms with E-state index in [-0.39, 0.29) is 16.4 Å². The van der Waals surface area contributed by atoms with E-state index in [2.05, 4.69) is 4.72 Å². The zero-order valence-corrected chi connectivity index (χ0v) is 18.5. The lowest BCUT2D eigenvalue weighted by Gasteiger charge is -2.15. The number of ether oxygens (including phenoxy) is 1. The van der Waals surface area contributed by atoms with Crippen LogP contribution < -0.4 is 14.3 Å². The molecule has 0 aliphatic rings. The van der Waals surface area contributed by atoms with Crippen molar-refractivity contribution in [1.29, 1.82) is 0 Å². The predicted octanol–water partition coefficient (Wildman–Crippen LogP) is 3.86. The molecular formula is C23H22N2O4S2. The Kier molecular flexibility index (Phi) is 6.22. The summed E-state index contributed by atoms with van der Waals surface area (Å²) in [5.41, 5.74) is 1.73. The molecule has 0 saturated carbocycles. The molecule has 0 radical (unpaired) electrons. The number of hydrogen-bond donors (Lipinski definition) is 1. The average Bonchev–Trinajstić information content (AvgIpc) is 3.08. The van der Waals surface area contributed by atoms with Gasteiger partial charge < -0.3 is 4.74 Å².